The van der Waals surface area contributed by atoms with Crippen LogP contribution >= 0.6 is 0 Å². The predicted octanol–water partition coefficient (Wildman–Crippen LogP) is 2.84. The summed E-state index contributed by atoms with van der Waals surface area (Å²) in [6.07, 6.45) is 0. The number of rotatable bonds is 8. The molecule has 1 N–H and O–H groups in total. The van der Waals surface area contributed by atoms with Crippen LogP contribution in [0.15, 0.2) is 42.5 Å². The van der Waals surface area contributed by atoms with Crippen LogP contribution in [0.1, 0.15) is 16.7 Å². The van der Waals surface area contributed by atoms with E-state index in [1.807, 2.05) is 56.3 Å². The summed E-state index contributed by atoms with van der Waals surface area (Å²) >= 11 is 0. The second-order valence-electron chi connectivity index (χ2n) is 7.09. The zero-order chi connectivity index (χ0) is 20.7. The molecular weight excluding hydrogens is 354 g/mol. The predicted molar refractivity (Wildman–Crippen MR) is 112 cm³/mol. The first kappa shape index (κ1) is 21.4. The second-order valence-corrected chi connectivity index (χ2v) is 7.09. The van der Waals surface area contributed by atoms with Crippen LogP contribution in [0.5, 0.6) is 5.75 Å². The van der Waals surface area contributed by atoms with Gasteiger partial charge in [0.05, 0.1) is 20.2 Å². The number of carbonyl (C=O) groups is 2. The second kappa shape index (κ2) is 9.90. The highest BCUT2D eigenvalue weighted by Crippen LogP contribution is 2.19. The van der Waals surface area contributed by atoms with E-state index in [1.54, 1.807) is 31.0 Å². The minimum atomic E-state index is -0.134. The number of likely N-dealkylation sites (N-methyl/N-ethyl adjacent to an activating group) is 2. The van der Waals surface area contributed by atoms with E-state index in [2.05, 4.69) is 5.32 Å². The van der Waals surface area contributed by atoms with E-state index >= 15 is 0 Å². The number of hydrogen-bond donors (Lipinski definition) is 1. The van der Waals surface area contributed by atoms with E-state index in [-0.39, 0.29) is 24.9 Å². The molecule has 6 nitrogen and oxygen atoms in total. The molecule has 6 heteroatoms. The smallest absolute Gasteiger partial charge is 0.238 e. The van der Waals surface area contributed by atoms with Crippen molar-refractivity contribution in [1.82, 2.24) is 9.80 Å². The maximum atomic E-state index is 12.5. The number of hydrogen-bond acceptors (Lipinski definition) is 4. The lowest BCUT2D eigenvalue weighted by Crippen LogP contribution is -2.39. The first-order valence-electron chi connectivity index (χ1n) is 9.21. The Hall–Kier alpha value is -2.86. The Morgan fingerprint density at radius 2 is 1.57 bits per heavy atom. The highest BCUT2D eigenvalue weighted by atomic mass is 16.5. The molecule has 0 aliphatic carbocycles. The number of aryl methyl sites for hydroxylation is 2. The average Bonchev–Trinajstić information content (AvgIpc) is 2.65. The quantitative estimate of drug-likeness (QED) is 0.761. The van der Waals surface area contributed by atoms with Gasteiger partial charge in [-0.05, 0) is 49.7 Å². The molecule has 0 atom stereocenters. The van der Waals surface area contributed by atoms with Crippen molar-refractivity contribution in [2.24, 2.45) is 0 Å². The molecule has 2 amide bonds. The van der Waals surface area contributed by atoms with E-state index in [4.69, 9.17) is 4.74 Å². The molecule has 0 fully saturated rings. The van der Waals surface area contributed by atoms with Gasteiger partial charge in [0.25, 0.3) is 0 Å². The molecule has 0 saturated carbocycles. The molecule has 0 radical (unpaired) electrons. The van der Waals surface area contributed by atoms with Crippen molar-refractivity contribution >= 4 is 17.5 Å². The Morgan fingerprint density at radius 3 is 2.14 bits per heavy atom. The molecule has 28 heavy (non-hydrogen) atoms. The van der Waals surface area contributed by atoms with E-state index in [9.17, 15) is 9.59 Å². The van der Waals surface area contributed by atoms with Gasteiger partial charge in [0.15, 0.2) is 0 Å². The minimum absolute atomic E-state index is 0.0433. The van der Waals surface area contributed by atoms with Crippen LogP contribution in [0.4, 0.5) is 5.69 Å². The molecule has 0 saturated heterocycles. The number of nitrogens with one attached hydrogen (secondary N) is 1. The summed E-state index contributed by atoms with van der Waals surface area (Å²) in [7, 11) is 5.15. The molecule has 0 aliphatic rings. The van der Waals surface area contributed by atoms with Crippen molar-refractivity contribution < 1.29 is 14.3 Å². The maximum Gasteiger partial charge on any atom is 0.238 e. The third-order valence-corrected chi connectivity index (χ3v) is 4.57. The highest BCUT2D eigenvalue weighted by molar-refractivity contribution is 5.94. The van der Waals surface area contributed by atoms with Gasteiger partial charge in [0.1, 0.15) is 5.75 Å². The fourth-order valence-corrected chi connectivity index (χ4v) is 2.94. The number of anilines is 1. The van der Waals surface area contributed by atoms with Crippen LogP contribution < -0.4 is 10.1 Å². The van der Waals surface area contributed by atoms with Gasteiger partial charge in [0.2, 0.25) is 11.8 Å². The molecule has 2 aromatic carbocycles. The van der Waals surface area contributed by atoms with Crippen molar-refractivity contribution in [3.8, 4) is 5.75 Å². The Bertz CT molecular complexity index is 798. The summed E-state index contributed by atoms with van der Waals surface area (Å²) in [4.78, 5) is 28.2. The van der Waals surface area contributed by atoms with Crippen LogP contribution in [0.25, 0.3) is 0 Å². The van der Waals surface area contributed by atoms with Gasteiger partial charge in [-0.3, -0.25) is 14.5 Å². The molecule has 0 unspecified atom stereocenters. The number of para-hydroxylation sites is 1. The van der Waals surface area contributed by atoms with Crippen molar-refractivity contribution in [3.63, 3.8) is 0 Å². The van der Waals surface area contributed by atoms with E-state index < -0.39 is 0 Å². The van der Waals surface area contributed by atoms with Crippen molar-refractivity contribution in [2.75, 3.05) is 39.6 Å². The lowest BCUT2D eigenvalue weighted by atomic mass is 10.1. The van der Waals surface area contributed by atoms with E-state index in [1.165, 1.54) is 0 Å². The SMILES string of the molecule is COc1ccc(CN(C)C(=O)CN(C)CC(=O)Nc2c(C)cccc2C)cc1. The fourth-order valence-electron chi connectivity index (χ4n) is 2.94. The number of methoxy groups -OCH3 is 1. The summed E-state index contributed by atoms with van der Waals surface area (Å²) in [5.41, 5.74) is 3.90. The van der Waals surface area contributed by atoms with Gasteiger partial charge in [-0.25, -0.2) is 0 Å². The van der Waals surface area contributed by atoms with Crippen LogP contribution in [0, 0.1) is 13.8 Å². The molecule has 0 heterocycles. The number of ether oxygens (including phenoxy) is 1. The summed E-state index contributed by atoms with van der Waals surface area (Å²) in [6, 6.07) is 13.5. The van der Waals surface area contributed by atoms with Gasteiger partial charge in [-0.15, -0.1) is 0 Å². The summed E-state index contributed by atoms with van der Waals surface area (Å²) < 4.78 is 5.14. The van der Waals surface area contributed by atoms with Gasteiger partial charge >= 0.3 is 0 Å². The van der Waals surface area contributed by atoms with Crippen LogP contribution in [-0.2, 0) is 16.1 Å². The summed E-state index contributed by atoms with van der Waals surface area (Å²) in [6.45, 7) is 4.75. The molecule has 0 bridgehead atoms. The number of amides is 2. The van der Waals surface area contributed by atoms with Gasteiger partial charge in [-0.1, -0.05) is 30.3 Å². The Morgan fingerprint density at radius 1 is 0.964 bits per heavy atom. The Labute approximate surface area is 167 Å². The number of nitrogens with zero attached hydrogens (tertiary/aromatic N) is 2. The van der Waals surface area contributed by atoms with Crippen LogP contribution in [0.3, 0.4) is 0 Å². The number of benzene rings is 2. The van der Waals surface area contributed by atoms with Gasteiger partial charge in [-0.2, -0.15) is 0 Å². The standard InChI is InChI=1S/C22H29N3O3/c1-16-7-6-8-17(2)22(16)23-20(26)14-24(3)15-21(27)25(4)13-18-9-11-19(28-5)12-10-18/h6-12H,13-15H2,1-5H3,(H,23,26). The number of carbonyl (C=O) groups excluding carboxylic acids is 2. The summed E-state index contributed by atoms with van der Waals surface area (Å²) in [5.74, 6) is 0.607. The molecule has 2 aromatic rings. The third kappa shape index (κ3) is 6.09. The lowest BCUT2D eigenvalue weighted by molar-refractivity contribution is -0.131. The van der Waals surface area contributed by atoms with E-state index in [0.29, 0.717) is 6.54 Å². The normalized spacial score (nSPS) is 10.6. The maximum absolute atomic E-state index is 12.5. The molecule has 150 valence electrons. The molecular formula is C22H29N3O3. The van der Waals surface area contributed by atoms with Crippen molar-refractivity contribution in [3.05, 3.63) is 59.2 Å². The highest BCUT2D eigenvalue weighted by Gasteiger charge is 2.15. The molecule has 0 aliphatic heterocycles. The zero-order valence-corrected chi connectivity index (χ0v) is 17.3. The summed E-state index contributed by atoms with van der Waals surface area (Å²) in [5, 5.41) is 2.95. The van der Waals surface area contributed by atoms with E-state index in [0.717, 1.165) is 28.1 Å². The van der Waals surface area contributed by atoms with Gasteiger partial charge in [0, 0.05) is 19.3 Å². The van der Waals surface area contributed by atoms with Crippen molar-refractivity contribution in [1.29, 1.82) is 0 Å². The largest absolute Gasteiger partial charge is 0.497 e. The fraction of sp³-hybridized carbons (Fsp3) is 0.364. The minimum Gasteiger partial charge on any atom is -0.497 e. The Balaban J connectivity index is 1.84. The van der Waals surface area contributed by atoms with Gasteiger partial charge < -0.3 is 15.0 Å². The van der Waals surface area contributed by atoms with Crippen LogP contribution in [0.2, 0.25) is 0 Å². The molecule has 2 rings (SSSR count). The van der Waals surface area contributed by atoms with Crippen molar-refractivity contribution in [2.45, 2.75) is 20.4 Å². The first-order valence-corrected chi connectivity index (χ1v) is 9.21. The Kier molecular flexibility index (Phi) is 7.58. The molecule has 0 spiro atoms. The lowest BCUT2D eigenvalue weighted by Gasteiger charge is -2.22. The third-order valence-electron chi connectivity index (χ3n) is 4.57. The monoisotopic (exact) mass is 383 g/mol. The first-order chi connectivity index (χ1) is 13.3. The molecule has 0 aromatic heterocycles. The average molecular weight is 383 g/mol. The topological polar surface area (TPSA) is 61.9 Å². The van der Waals surface area contributed by atoms with Crippen LogP contribution in [-0.4, -0.2) is 55.9 Å². The zero-order valence-electron chi connectivity index (χ0n) is 17.3.